The van der Waals surface area contributed by atoms with E-state index in [2.05, 4.69) is 10.4 Å². The Labute approximate surface area is 118 Å². The van der Waals surface area contributed by atoms with Crippen LogP contribution < -0.4 is 5.32 Å². The van der Waals surface area contributed by atoms with Crippen LogP contribution in [0.1, 0.15) is 31.1 Å². The molecule has 0 radical (unpaired) electrons. The van der Waals surface area contributed by atoms with Crippen molar-refractivity contribution in [1.29, 1.82) is 0 Å². The van der Waals surface area contributed by atoms with Crippen LogP contribution in [-0.2, 0) is 11.8 Å². The van der Waals surface area contributed by atoms with Gasteiger partial charge in [-0.15, -0.1) is 0 Å². The first-order chi connectivity index (χ1) is 9.33. The molecule has 0 saturated heterocycles. The van der Waals surface area contributed by atoms with Crippen LogP contribution in [0.5, 0.6) is 0 Å². The number of hydrogen-bond donors (Lipinski definition) is 1. The first kappa shape index (κ1) is 14.1. The topological polar surface area (TPSA) is 56.2 Å². The van der Waals surface area contributed by atoms with E-state index in [-0.39, 0.29) is 5.97 Å². The number of ether oxygens (including phenoxy) is 1. The Hall–Kier alpha value is -2.30. The van der Waals surface area contributed by atoms with Crippen LogP contribution in [-0.4, -0.2) is 21.4 Å². The summed E-state index contributed by atoms with van der Waals surface area (Å²) in [4.78, 5) is 11.9. The first-order valence-electron chi connectivity index (χ1n) is 6.42. The maximum Gasteiger partial charge on any atom is 0.338 e. The number of aryl methyl sites for hydroxylation is 1. The molecule has 2 aromatic rings. The molecule has 1 heterocycles. The van der Waals surface area contributed by atoms with Crippen molar-refractivity contribution in [3.8, 4) is 0 Å². The summed E-state index contributed by atoms with van der Waals surface area (Å²) >= 11 is 0. The van der Waals surface area contributed by atoms with E-state index in [0.29, 0.717) is 5.56 Å². The number of carbonyl (C=O) groups excluding carboxylic acids is 1. The van der Waals surface area contributed by atoms with Crippen molar-refractivity contribution >= 4 is 17.3 Å². The normalized spacial score (nSPS) is 11.2. The van der Waals surface area contributed by atoms with Gasteiger partial charge in [0.1, 0.15) is 5.60 Å². The number of aromatic nitrogens is 2. The summed E-state index contributed by atoms with van der Waals surface area (Å²) in [6.07, 6.45) is 3.61. The van der Waals surface area contributed by atoms with E-state index < -0.39 is 5.60 Å². The molecule has 0 atom stereocenters. The van der Waals surface area contributed by atoms with Crippen LogP contribution in [0.25, 0.3) is 0 Å². The summed E-state index contributed by atoms with van der Waals surface area (Å²) in [5, 5.41) is 7.28. The minimum Gasteiger partial charge on any atom is -0.456 e. The molecule has 20 heavy (non-hydrogen) atoms. The first-order valence-corrected chi connectivity index (χ1v) is 6.42. The standard InChI is InChI=1S/C15H19N3O2/c1-15(2,3)20-14(19)11-5-7-12(8-6-11)17-13-9-16-18(4)10-13/h5-10,17H,1-4H3. The highest BCUT2D eigenvalue weighted by molar-refractivity contribution is 5.90. The molecule has 0 aliphatic carbocycles. The van der Waals surface area contributed by atoms with Gasteiger partial charge in [0, 0.05) is 18.9 Å². The number of hydrogen-bond acceptors (Lipinski definition) is 4. The summed E-state index contributed by atoms with van der Waals surface area (Å²) in [5.74, 6) is -0.314. The van der Waals surface area contributed by atoms with Crippen molar-refractivity contribution in [3.63, 3.8) is 0 Å². The lowest BCUT2D eigenvalue weighted by Gasteiger charge is -2.19. The Morgan fingerprint density at radius 3 is 2.35 bits per heavy atom. The van der Waals surface area contributed by atoms with Crippen molar-refractivity contribution in [3.05, 3.63) is 42.2 Å². The van der Waals surface area contributed by atoms with Gasteiger partial charge >= 0.3 is 5.97 Å². The lowest BCUT2D eigenvalue weighted by Crippen LogP contribution is -2.23. The SMILES string of the molecule is Cn1cc(Nc2ccc(C(=O)OC(C)(C)C)cc2)cn1. The van der Waals surface area contributed by atoms with Crippen LogP contribution in [0, 0.1) is 0 Å². The number of carbonyl (C=O) groups is 1. The van der Waals surface area contributed by atoms with Crippen LogP contribution in [0.2, 0.25) is 0 Å². The van der Waals surface area contributed by atoms with E-state index in [4.69, 9.17) is 4.74 Å². The predicted molar refractivity (Wildman–Crippen MR) is 78.1 cm³/mol. The van der Waals surface area contributed by atoms with Gasteiger partial charge in [0.25, 0.3) is 0 Å². The third-order valence-electron chi connectivity index (χ3n) is 2.51. The number of benzene rings is 1. The Kier molecular flexibility index (Phi) is 3.79. The molecule has 1 aromatic carbocycles. The van der Waals surface area contributed by atoms with E-state index in [1.165, 1.54) is 0 Å². The van der Waals surface area contributed by atoms with E-state index in [0.717, 1.165) is 11.4 Å². The lowest BCUT2D eigenvalue weighted by atomic mass is 10.1. The highest BCUT2D eigenvalue weighted by Crippen LogP contribution is 2.18. The van der Waals surface area contributed by atoms with Gasteiger partial charge in [-0.2, -0.15) is 5.10 Å². The molecule has 1 aromatic heterocycles. The van der Waals surface area contributed by atoms with Crippen molar-refractivity contribution < 1.29 is 9.53 Å². The molecule has 0 spiro atoms. The molecule has 106 valence electrons. The second-order valence-electron chi connectivity index (χ2n) is 5.61. The molecule has 0 bridgehead atoms. The van der Waals surface area contributed by atoms with Gasteiger partial charge < -0.3 is 10.1 Å². The molecule has 0 fully saturated rings. The second-order valence-corrected chi connectivity index (χ2v) is 5.61. The molecule has 1 N–H and O–H groups in total. The predicted octanol–water partition coefficient (Wildman–Crippen LogP) is 3.12. The van der Waals surface area contributed by atoms with Crippen molar-refractivity contribution in [2.75, 3.05) is 5.32 Å². The van der Waals surface area contributed by atoms with Gasteiger partial charge in [-0.05, 0) is 45.0 Å². The van der Waals surface area contributed by atoms with Crippen LogP contribution in [0.3, 0.4) is 0 Å². The minimum absolute atomic E-state index is 0.314. The number of nitrogens with one attached hydrogen (secondary N) is 1. The number of rotatable bonds is 3. The maximum atomic E-state index is 11.9. The van der Waals surface area contributed by atoms with E-state index >= 15 is 0 Å². The van der Waals surface area contributed by atoms with Crippen molar-refractivity contribution in [2.45, 2.75) is 26.4 Å². The lowest BCUT2D eigenvalue weighted by molar-refractivity contribution is 0.00696. The van der Waals surface area contributed by atoms with Gasteiger partial charge in [-0.25, -0.2) is 4.79 Å². The second kappa shape index (κ2) is 5.36. The summed E-state index contributed by atoms with van der Waals surface area (Å²) in [6.45, 7) is 5.55. The molecule has 5 nitrogen and oxygen atoms in total. The number of anilines is 2. The number of nitrogens with zero attached hydrogens (tertiary/aromatic N) is 2. The van der Waals surface area contributed by atoms with Crippen molar-refractivity contribution in [2.24, 2.45) is 7.05 Å². The Morgan fingerprint density at radius 2 is 1.85 bits per heavy atom. The molecular weight excluding hydrogens is 254 g/mol. The molecular formula is C15H19N3O2. The minimum atomic E-state index is -0.482. The summed E-state index contributed by atoms with van der Waals surface area (Å²) < 4.78 is 7.03. The molecule has 0 unspecified atom stereocenters. The Balaban J connectivity index is 2.04. The summed E-state index contributed by atoms with van der Waals surface area (Å²) in [5.41, 5.74) is 1.85. The average molecular weight is 273 g/mol. The Morgan fingerprint density at radius 1 is 1.20 bits per heavy atom. The fourth-order valence-corrected chi connectivity index (χ4v) is 1.68. The van der Waals surface area contributed by atoms with Gasteiger partial charge in [-0.3, -0.25) is 4.68 Å². The summed E-state index contributed by atoms with van der Waals surface area (Å²) in [6, 6.07) is 7.16. The third-order valence-corrected chi connectivity index (χ3v) is 2.51. The highest BCUT2D eigenvalue weighted by Gasteiger charge is 2.17. The molecule has 2 rings (SSSR count). The average Bonchev–Trinajstić information content (AvgIpc) is 2.73. The molecule has 0 aliphatic rings. The van der Waals surface area contributed by atoms with Gasteiger partial charge in [0.05, 0.1) is 17.4 Å². The number of esters is 1. The smallest absolute Gasteiger partial charge is 0.338 e. The maximum absolute atomic E-state index is 11.9. The molecule has 0 amide bonds. The van der Waals surface area contributed by atoms with E-state index in [1.807, 2.05) is 46.1 Å². The fourth-order valence-electron chi connectivity index (χ4n) is 1.68. The monoisotopic (exact) mass is 273 g/mol. The van der Waals surface area contributed by atoms with Gasteiger partial charge in [-0.1, -0.05) is 0 Å². The molecule has 0 saturated carbocycles. The zero-order chi connectivity index (χ0) is 14.8. The zero-order valence-electron chi connectivity index (χ0n) is 12.2. The quantitative estimate of drug-likeness (QED) is 0.873. The third kappa shape index (κ3) is 3.85. The summed E-state index contributed by atoms with van der Waals surface area (Å²) in [7, 11) is 1.86. The van der Waals surface area contributed by atoms with Crippen LogP contribution in [0.15, 0.2) is 36.7 Å². The van der Waals surface area contributed by atoms with Gasteiger partial charge in [0.15, 0.2) is 0 Å². The van der Waals surface area contributed by atoms with Crippen LogP contribution >= 0.6 is 0 Å². The van der Waals surface area contributed by atoms with E-state index in [9.17, 15) is 4.79 Å². The van der Waals surface area contributed by atoms with E-state index in [1.54, 1.807) is 23.0 Å². The Bertz CT molecular complexity index is 594. The largest absolute Gasteiger partial charge is 0.456 e. The molecule has 0 aliphatic heterocycles. The van der Waals surface area contributed by atoms with Crippen molar-refractivity contribution in [1.82, 2.24) is 9.78 Å². The van der Waals surface area contributed by atoms with Gasteiger partial charge in [0.2, 0.25) is 0 Å². The zero-order valence-corrected chi connectivity index (χ0v) is 12.2. The highest BCUT2D eigenvalue weighted by atomic mass is 16.6. The fraction of sp³-hybridized carbons (Fsp3) is 0.333. The van der Waals surface area contributed by atoms with Crippen LogP contribution in [0.4, 0.5) is 11.4 Å². The molecule has 5 heteroatoms.